The number of amides is 3. The number of carbonyl (C=O) groups is 2. The van der Waals surface area contributed by atoms with Crippen molar-refractivity contribution in [2.45, 2.75) is 34.9 Å². The zero-order valence-electron chi connectivity index (χ0n) is 14.5. The highest BCUT2D eigenvalue weighted by Crippen LogP contribution is 2.55. The van der Waals surface area contributed by atoms with Gasteiger partial charge in [-0.05, 0) is 31.4 Å². The molecular formula is C18H23Cl2N3O2S. The Balaban J connectivity index is 1.40. The SMILES string of the molecule is O=C(NCCCN1CCCC1=O)Nc1ccccc1SCC1CC1(Cl)Cl. The zero-order chi connectivity index (χ0) is 18.6. The van der Waals surface area contributed by atoms with Gasteiger partial charge < -0.3 is 15.5 Å². The maximum atomic E-state index is 12.1. The molecule has 2 aliphatic rings. The molecule has 0 aromatic heterocycles. The number of likely N-dealkylation sites (tertiary alicyclic amines) is 1. The van der Waals surface area contributed by atoms with Crippen LogP contribution in [0.5, 0.6) is 0 Å². The zero-order valence-corrected chi connectivity index (χ0v) is 16.8. The largest absolute Gasteiger partial charge is 0.343 e. The Morgan fingerprint density at radius 3 is 2.81 bits per heavy atom. The van der Waals surface area contributed by atoms with Gasteiger partial charge in [-0.3, -0.25) is 4.79 Å². The lowest BCUT2D eigenvalue weighted by atomic mass is 10.3. The molecular weight excluding hydrogens is 393 g/mol. The third-order valence-corrected chi connectivity index (χ3v) is 6.75. The lowest BCUT2D eigenvalue weighted by Crippen LogP contribution is -2.33. The number of urea groups is 1. The monoisotopic (exact) mass is 415 g/mol. The van der Waals surface area contributed by atoms with Crippen LogP contribution in [0.4, 0.5) is 10.5 Å². The molecule has 0 bridgehead atoms. The minimum Gasteiger partial charge on any atom is -0.343 e. The summed E-state index contributed by atoms with van der Waals surface area (Å²) in [5, 5.41) is 5.74. The van der Waals surface area contributed by atoms with Crippen molar-refractivity contribution in [3.8, 4) is 0 Å². The molecule has 1 aromatic carbocycles. The molecule has 3 amide bonds. The molecule has 1 saturated heterocycles. The van der Waals surface area contributed by atoms with E-state index >= 15 is 0 Å². The van der Waals surface area contributed by atoms with Gasteiger partial charge in [0.2, 0.25) is 5.91 Å². The molecule has 142 valence electrons. The van der Waals surface area contributed by atoms with Crippen LogP contribution in [0.2, 0.25) is 0 Å². The van der Waals surface area contributed by atoms with Crippen LogP contribution in [-0.2, 0) is 4.79 Å². The first-order valence-electron chi connectivity index (χ1n) is 8.88. The highest BCUT2D eigenvalue weighted by atomic mass is 35.5. The van der Waals surface area contributed by atoms with Crippen LogP contribution >= 0.6 is 35.0 Å². The average molecular weight is 416 g/mol. The topological polar surface area (TPSA) is 61.4 Å². The maximum absolute atomic E-state index is 12.1. The Morgan fingerprint density at radius 2 is 2.12 bits per heavy atom. The summed E-state index contributed by atoms with van der Waals surface area (Å²) < 4.78 is -0.580. The van der Waals surface area contributed by atoms with Crippen molar-refractivity contribution in [3.05, 3.63) is 24.3 Å². The third-order valence-electron chi connectivity index (χ3n) is 4.59. The predicted octanol–water partition coefficient (Wildman–Crippen LogP) is 4.11. The van der Waals surface area contributed by atoms with E-state index in [4.69, 9.17) is 23.2 Å². The van der Waals surface area contributed by atoms with Gasteiger partial charge in [-0.25, -0.2) is 4.79 Å². The summed E-state index contributed by atoms with van der Waals surface area (Å²) >= 11 is 13.8. The van der Waals surface area contributed by atoms with Crippen LogP contribution in [0.1, 0.15) is 25.7 Å². The number of benzene rings is 1. The predicted molar refractivity (Wildman–Crippen MR) is 107 cm³/mol. The number of rotatable bonds is 8. The number of hydrogen-bond donors (Lipinski definition) is 2. The molecule has 2 N–H and O–H groups in total. The van der Waals surface area contributed by atoms with E-state index < -0.39 is 4.33 Å². The normalized spacial score (nSPS) is 20.9. The second-order valence-corrected chi connectivity index (χ2v) is 9.29. The number of para-hydroxylation sites is 1. The number of nitrogens with zero attached hydrogens (tertiary/aromatic N) is 1. The van der Waals surface area contributed by atoms with Crippen LogP contribution in [-0.4, -0.2) is 46.6 Å². The van der Waals surface area contributed by atoms with Gasteiger partial charge in [0, 0.05) is 42.6 Å². The van der Waals surface area contributed by atoms with E-state index in [1.165, 1.54) is 0 Å². The van der Waals surface area contributed by atoms with Gasteiger partial charge in [0.05, 0.1) is 5.69 Å². The lowest BCUT2D eigenvalue weighted by molar-refractivity contribution is -0.127. The highest BCUT2D eigenvalue weighted by Gasteiger charge is 2.51. The average Bonchev–Trinajstić information content (AvgIpc) is 3.01. The molecule has 1 aliphatic heterocycles. The van der Waals surface area contributed by atoms with Crippen LogP contribution < -0.4 is 10.6 Å². The first-order valence-corrected chi connectivity index (χ1v) is 10.6. The quantitative estimate of drug-likeness (QED) is 0.381. The van der Waals surface area contributed by atoms with Crippen molar-refractivity contribution in [3.63, 3.8) is 0 Å². The van der Waals surface area contributed by atoms with Gasteiger partial charge in [-0.15, -0.1) is 35.0 Å². The molecule has 0 spiro atoms. The molecule has 1 heterocycles. The van der Waals surface area contributed by atoms with E-state index in [0.717, 1.165) is 42.1 Å². The van der Waals surface area contributed by atoms with Crippen molar-refractivity contribution >= 4 is 52.6 Å². The number of halogens is 2. The Labute approximate surface area is 168 Å². The van der Waals surface area contributed by atoms with Crippen LogP contribution in [0.3, 0.4) is 0 Å². The Bertz CT molecular complexity index is 672. The summed E-state index contributed by atoms with van der Waals surface area (Å²) in [6.07, 6.45) is 3.16. The molecule has 26 heavy (non-hydrogen) atoms. The molecule has 1 aliphatic carbocycles. The maximum Gasteiger partial charge on any atom is 0.319 e. The molecule has 1 unspecified atom stereocenters. The van der Waals surface area contributed by atoms with Crippen LogP contribution in [0.25, 0.3) is 0 Å². The van der Waals surface area contributed by atoms with Crippen molar-refractivity contribution in [1.29, 1.82) is 0 Å². The Kier molecular flexibility index (Phi) is 6.59. The molecule has 3 rings (SSSR count). The fourth-order valence-electron chi connectivity index (χ4n) is 2.92. The highest BCUT2D eigenvalue weighted by molar-refractivity contribution is 7.99. The van der Waals surface area contributed by atoms with E-state index in [0.29, 0.717) is 25.4 Å². The van der Waals surface area contributed by atoms with E-state index in [1.54, 1.807) is 11.8 Å². The van der Waals surface area contributed by atoms with E-state index in [-0.39, 0.29) is 11.9 Å². The van der Waals surface area contributed by atoms with Gasteiger partial charge >= 0.3 is 6.03 Å². The number of alkyl halides is 2. The Hall–Kier alpha value is -1.11. The van der Waals surface area contributed by atoms with Crippen molar-refractivity contribution < 1.29 is 9.59 Å². The number of carbonyl (C=O) groups excluding carboxylic acids is 2. The molecule has 0 radical (unpaired) electrons. The summed E-state index contributed by atoms with van der Waals surface area (Å²) in [5.41, 5.74) is 0.778. The first kappa shape index (κ1) is 19.6. The molecule has 1 saturated carbocycles. The number of hydrogen-bond acceptors (Lipinski definition) is 3. The fraction of sp³-hybridized carbons (Fsp3) is 0.556. The second kappa shape index (κ2) is 8.72. The minimum absolute atomic E-state index is 0.217. The van der Waals surface area contributed by atoms with Crippen LogP contribution in [0.15, 0.2) is 29.2 Å². The van der Waals surface area contributed by atoms with Gasteiger partial charge in [0.15, 0.2) is 0 Å². The second-order valence-electron chi connectivity index (χ2n) is 6.69. The van der Waals surface area contributed by atoms with Crippen LogP contribution in [0, 0.1) is 5.92 Å². The standard InChI is InChI=1S/C18H23Cl2N3O2S/c19-18(20)11-13(18)12-26-15-6-2-1-5-14(15)22-17(25)21-8-4-10-23-9-3-7-16(23)24/h1-2,5-6,13H,3-4,7-12H2,(H2,21,22,25). The van der Waals surface area contributed by atoms with Gasteiger partial charge in [0.25, 0.3) is 0 Å². The summed E-state index contributed by atoms with van der Waals surface area (Å²) in [7, 11) is 0. The number of anilines is 1. The summed E-state index contributed by atoms with van der Waals surface area (Å²) in [5.74, 6) is 1.34. The van der Waals surface area contributed by atoms with E-state index in [1.807, 2.05) is 29.2 Å². The molecule has 1 atom stereocenters. The van der Waals surface area contributed by atoms with Gasteiger partial charge in [-0.1, -0.05) is 12.1 Å². The van der Waals surface area contributed by atoms with Crippen molar-refractivity contribution in [2.75, 3.05) is 30.7 Å². The number of nitrogens with one attached hydrogen (secondary N) is 2. The molecule has 1 aromatic rings. The summed E-state index contributed by atoms with van der Waals surface area (Å²) in [4.78, 5) is 26.5. The smallest absolute Gasteiger partial charge is 0.319 e. The lowest BCUT2D eigenvalue weighted by Gasteiger charge is -2.16. The minimum atomic E-state index is -0.580. The number of thioether (sulfide) groups is 1. The summed E-state index contributed by atoms with van der Waals surface area (Å²) in [6.45, 7) is 2.07. The fourth-order valence-corrected chi connectivity index (χ4v) is 4.86. The molecule has 2 fully saturated rings. The third kappa shape index (κ3) is 5.44. The van der Waals surface area contributed by atoms with Crippen molar-refractivity contribution in [1.82, 2.24) is 10.2 Å². The van der Waals surface area contributed by atoms with Gasteiger partial charge in [0.1, 0.15) is 4.33 Å². The summed E-state index contributed by atoms with van der Waals surface area (Å²) in [6, 6.07) is 7.46. The molecule has 8 heteroatoms. The van der Waals surface area contributed by atoms with E-state index in [2.05, 4.69) is 10.6 Å². The van der Waals surface area contributed by atoms with E-state index in [9.17, 15) is 9.59 Å². The Morgan fingerprint density at radius 1 is 1.35 bits per heavy atom. The first-order chi connectivity index (χ1) is 12.5. The van der Waals surface area contributed by atoms with Crippen molar-refractivity contribution in [2.24, 2.45) is 5.92 Å². The van der Waals surface area contributed by atoms with Gasteiger partial charge in [-0.2, -0.15) is 0 Å². The molecule has 5 nitrogen and oxygen atoms in total.